The summed E-state index contributed by atoms with van der Waals surface area (Å²) in [7, 11) is 0. The summed E-state index contributed by atoms with van der Waals surface area (Å²) in [5.74, 6) is 7.17. The van der Waals surface area contributed by atoms with Crippen LogP contribution in [0.1, 0.15) is 32.3 Å². The van der Waals surface area contributed by atoms with Gasteiger partial charge in [0.25, 0.3) is 0 Å². The normalized spacial score (nSPS) is 14.1. The molecule has 0 amide bonds. The Morgan fingerprint density at radius 3 is 2.59 bits per heavy atom. The van der Waals surface area contributed by atoms with Gasteiger partial charge in [-0.25, -0.2) is 0 Å². The third-order valence-corrected chi connectivity index (χ3v) is 2.74. The van der Waals surface area contributed by atoms with Crippen molar-refractivity contribution in [3.8, 4) is 11.8 Å². The Morgan fingerprint density at radius 1 is 1.12 bits per heavy atom. The lowest BCUT2D eigenvalue weighted by atomic mass is 10.0. The van der Waals surface area contributed by atoms with Crippen molar-refractivity contribution >= 4 is 0 Å². The first-order valence-electron chi connectivity index (χ1n) is 6.21. The second kappa shape index (κ2) is 5.55. The highest BCUT2D eigenvalue weighted by Gasteiger charge is 2.06. The van der Waals surface area contributed by atoms with Gasteiger partial charge in [0.1, 0.15) is 0 Å². The Bertz CT molecular complexity index is 490. The van der Waals surface area contributed by atoms with Crippen LogP contribution in [0.25, 0.3) is 0 Å². The summed E-state index contributed by atoms with van der Waals surface area (Å²) >= 11 is 0. The van der Waals surface area contributed by atoms with Crippen molar-refractivity contribution in [1.82, 2.24) is 0 Å². The van der Waals surface area contributed by atoms with E-state index < -0.39 is 0 Å². The predicted molar refractivity (Wildman–Crippen MR) is 73.6 cm³/mol. The molecule has 0 saturated carbocycles. The zero-order chi connectivity index (χ0) is 12.1. The van der Waals surface area contributed by atoms with Crippen molar-refractivity contribution in [3.63, 3.8) is 0 Å². The molecule has 0 N–H and O–H groups in total. The number of rotatable bonds is 2. The number of allylic oxidation sites excluding steroid dienone is 4. The fourth-order valence-electron chi connectivity index (χ4n) is 2.00. The van der Waals surface area contributed by atoms with Gasteiger partial charge < -0.3 is 0 Å². The molecule has 0 bridgehead atoms. The summed E-state index contributed by atoms with van der Waals surface area (Å²) in [5, 5.41) is 0. The van der Waals surface area contributed by atoms with E-state index in [1.54, 1.807) is 0 Å². The van der Waals surface area contributed by atoms with E-state index in [-0.39, 0.29) is 0 Å². The van der Waals surface area contributed by atoms with Crippen molar-refractivity contribution in [2.45, 2.75) is 26.7 Å². The topological polar surface area (TPSA) is 0 Å². The first-order chi connectivity index (χ1) is 8.24. The van der Waals surface area contributed by atoms with Crippen LogP contribution in [0.5, 0.6) is 0 Å². The number of hydrogen-bond acceptors (Lipinski definition) is 0. The van der Waals surface area contributed by atoms with E-state index in [2.05, 4.69) is 37.8 Å². The van der Waals surface area contributed by atoms with E-state index in [1.807, 2.05) is 30.3 Å². The van der Waals surface area contributed by atoms with Crippen molar-refractivity contribution in [2.75, 3.05) is 0 Å². The maximum Gasteiger partial charge on any atom is 0.0249 e. The lowest BCUT2D eigenvalue weighted by Gasteiger charge is -2.03. The molecule has 0 saturated heterocycles. The van der Waals surface area contributed by atoms with Crippen LogP contribution in [0.2, 0.25) is 0 Å². The maximum absolute atomic E-state index is 3.24. The van der Waals surface area contributed by atoms with Crippen LogP contribution in [0.15, 0.2) is 53.6 Å². The quantitative estimate of drug-likeness (QED) is 0.653. The van der Waals surface area contributed by atoms with Crippen LogP contribution in [-0.4, -0.2) is 0 Å². The van der Waals surface area contributed by atoms with Gasteiger partial charge in [0.15, 0.2) is 0 Å². The SMILES string of the molecule is CC(C)CC1=CC(C#Cc2ccccc2)=CC1. The van der Waals surface area contributed by atoms with Gasteiger partial charge in [-0.3, -0.25) is 0 Å². The standard InChI is InChI=1S/C17H18/c1-14(2)12-17-11-10-16(13-17)9-8-15-6-4-3-5-7-15/h3-7,10,13-14H,11-12H2,1-2H3. The Kier molecular flexibility index (Phi) is 3.83. The lowest BCUT2D eigenvalue weighted by Crippen LogP contribution is -1.88. The van der Waals surface area contributed by atoms with Crippen LogP contribution in [0.3, 0.4) is 0 Å². The third kappa shape index (κ3) is 3.64. The molecular formula is C17H18. The van der Waals surface area contributed by atoms with E-state index in [4.69, 9.17) is 0 Å². The second-order valence-corrected chi connectivity index (χ2v) is 4.88. The minimum absolute atomic E-state index is 0.732. The highest BCUT2D eigenvalue weighted by atomic mass is 14.1. The van der Waals surface area contributed by atoms with Gasteiger partial charge in [-0.15, -0.1) is 0 Å². The molecule has 17 heavy (non-hydrogen) atoms. The highest BCUT2D eigenvalue weighted by molar-refractivity contribution is 5.49. The molecule has 1 aromatic carbocycles. The number of hydrogen-bond donors (Lipinski definition) is 0. The maximum atomic E-state index is 3.24. The summed E-state index contributed by atoms with van der Waals surface area (Å²) in [4.78, 5) is 0. The van der Waals surface area contributed by atoms with Gasteiger partial charge in [-0.2, -0.15) is 0 Å². The molecule has 86 valence electrons. The van der Waals surface area contributed by atoms with Crippen molar-refractivity contribution in [1.29, 1.82) is 0 Å². The zero-order valence-electron chi connectivity index (χ0n) is 10.5. The molecule has 0 atom stereocenters. The molecule has 0 heteroatoms. The Labute approximate surface area is 104 Å². The Balaban J connectivity index is 2.02. The molecular weight excluding hydrogens is 204 g/mol. The summed E-state index contributed by atoms with van der Waals surface area (Å²) in [6.45, 7) is 4.52. The molecule has 2 rings (SSSR count). The molecule has 0 unspecified atom stereocenters. The minimum atomic E-state index is 0.732. The van der Waals surface area contributed by atoms with E-state index in [1.165, 1.54) is 17.6 Å². The van der Waals surface area contributed by atoms with Crippen LogP contribution in [-0.2, 0) is 0 Å². The molecule has 0 spiro atoms. The first kappa shape index (κ1) is 11.7. The molecule has 0 heterocycles. The minimum Gasteiger partial charge on any atom is -0.0649 e. The summed E-state index contributed by atoms with van der Waals surface area (Å²) in [6, 6.07) is 10.1. The Morgan fingerprint density at radius 2 is 1.88 bits per heavy atom. The highest BCUT2D eigenvalue weighted by Crippen LogP contribution is 2.23. The smallest absolute Gasteiger partial charge is 0.0249 e. The first-order valence-corrected chi connectivity index (χ1v) is 6.21. The molecule has 0 aromatic heterocycles. The van der Waals surface area contributed by atoms with Crippen molar-refractivity contribution < 1.29 is 0 Å². The largest absolute Gasteiger partial charge is 0.0649 e. The molecule has 0 fully saturated rings. The third-order valence-electron chi connectivity index (χ3n) is 2.74. The molecule has 0 radical (unpaired) electrons. The van der Waals surface area contributed by atoms with E-state index >= 15 is 0 Å². The van der Waals surface area contributed by atoms with Gasteiger partial charge in [0, 0.05) is 11.1 Å². The molecule has 0 nitrogen and oxygen atoms in total. The van der Waals surface area contributed by atoms with Crippen LogP contribution < -0.4 is 0 Å². The molecule has 1 aliphatic carbocycles. The van der Waals surface area contributed by atoms with Crippen LogP contribution >= 0.6 is 0 Å². The van der Waals surface area contributed by atoms with Gasteiger partial charge >= 0.3 is 0 Å². The summed E-state index contributed by atoms with van der Waals surface area (Å²) < 4.78 is 0. The van der Waals surface area contributed by atoms with Crippen LogP contribution in [0.4, 0.5) is 0 Å². The average Bonchev–Trinajstić information content (AvgIpc) is 2.75. The fourth-order valence-corrected chi connectivity index (χ4v) is 2.00. The van der Waals surface area contributed by atoms with E-state index in [0.717, 1.165) is 17.9 Å². The van der Waals surface area contributed by atoms with E-state index in [9.17, 15) is 0 Å². The van der Waals surface area contributed by atoms with Gasteiger partial charge in [0.05, 0.1) is 0 Å². The van der Waals surface area contributed by atoms with E-state index in [0.29, 0.717) is 0 Å². The Hall–Kier alpha value is -1.74. The number of benzene rings is 1. The average molecular weight is 222 g/mol. The van der Waals surface area contributed by atoms with Crippen LogP contribution in [0, 0.1) is 17.8 Å². The zero-order valence-corrected chi connectivity index (χ0v) is 10.5. The molecule has 0 aliphatic heterocycles. The van der Waals surface area contributed by atoms with Crippen molar-refractivity contribution in [3.05, 3.63) is 59.2 Å². The van der Waals surface area contributed by atoms with Gasteiger partial charge in [-0.1, -0.05) is 55.5 Å². The van der Waals surface area contributed by atoms with Crippen molar-refractivity contribution in [2.24, 2.45) is 5.92 Å². The monoisotopic (exact) mass is 222 g/mol. The fraction of sp³-hybridized carbons (Fsp3) is 0.294. The summed E-state index contributed by atoms with van der Waals surface area (Å²) in [5.41, 5.74) is 3.76. The second-order valence-electron chi connectivity index (χ2n) is 4.88. The molecule has 1 aliphatic rings. The van der Waals surface area contributed by atoms with Gasteiger partial charge in [-0.05, 0) is 37.0 Å². The lowest BCUT2D eigenvalue weighted by molar-refractivity contribution is 0.637. The molecule has 1 aromatic rings. The predicted octanol–water partition coefficient (Wildman–Crippen LogP) is 4.34. The van der Waals surface area contributed by atoms with Gasteiger partial charge in [0.2, 0.25) is 0 Å². The summed E-state index contributed by atoms with van der Waals surface area (Å²) in [6.07, 6.45) is 6.74.